The standard InChI is InChI=1S/C21H24ClF2N3O6S/c1-3-26(10-11-32-2)8-9-27(14-20(28)25-29)34(30,31)17-12-18(23)21(19(24)13-17)33-16-6-4-15(22)5-7-16/h3-7,12-13,29H,1,8-11,14H2,2H3,(H,25,28). The van der Waals surface area contributed by atoms with Gasteiger partial charge in [-0.05, 0) is 42.6 Å². The Hall–Kier alpha value is -2.77. The average Bonchev–Trinajstić information content (AvgIpc) is 2.81. The van der Waals surface area contributed by atoms with Crippen LogP contribution in [0.25, 0.3) is 0 Å². The molecule has 0 spiro atoms. The van der Waals surface area contributed by atoms with Gasteiger partial charge < -0.3 is 14.4 Å². The van der Waals surface area contributed by atoms with Crippen LogP contribution >= 0.6 is 11.6 Å². The first-order valence-corrected chi connectivity index (χ1v) is 11.6. The van der Waals surface area contributed by atoms with Crippen LogP contribution in [0.2, 0.25) is 5.02 Å². The number of amides is 1. The van der Waals surface area contributed by atoms with Crippen molar-refractivity contribution in [2.75, 3.05) is 39.9 Å². The molecule has 0 radical (unpaired) electrons. The zero-order valence-corrected chi connectivity index (χ0v) is 19.8. The number of carbonyl (C=O) groups excluding carboxylic acids is 1. The highest BCUT2D eigenvalue weighted by molar-refractivity contribution is 7.89. The van der Waals surface area contributed by atoms with E-state index in [1.165, 1.54) is 43.1 Å². The number of nitrogens with one attached hydrogen (secondary N) is 1. The van der Waals surface area contributed by atoms with Gasteiger partial charge in [-0.15, -0.1) is 0 Å². The lowest BCUT2D eigenvalue weighted by molar-refractivity contribution is -0.129. The van der Waals surface area contributed by atoms with Gasteiger partial charge >= 0.3 is 0 Å². The quantitative estimate of drug-likeness (QED) is 0.309. The lowest BCUT2D eigenvalue weighted by Crippen LogP contribution is -2.43. The Morgan fingerprint density at radius 2 is 1.79 bits per heavy atom. The smallest absolute Gasteiger partial charge is 0.258 e. The highest BCUT2D eigenvalue weighted by Crippen LogP contribution is 2.31. The summed E-state index contributed by atoms with van der Waals surface area (Å²) in [5.74, 6) is -4.30. The van der Waals surface area contributed by atoms with Gasteiger partial charge in [0.1, 0.15) is 5.75 Å². The third-order valence-corrected chi connectivity index (χ3v) is 6.64. The molecule has 0 aliphatic heterocycles. The van der Waals surface area contributed by atoms with Crippen LogP contribution in [0, 0.1) is 11.6 Å². The van der Waals surface area contributed by atoms with Crippen molar-refractivity contribution >= 4 is 27.5 Å². The number of rotatable bonds is 13. The Kier molecular flexibility index (Phi) is 10.2. The minimum Gasteiger partial charge on any atom is -0.451 e. The van der Waals surface area contributed by atoms with Gasteiger partial charge in [0, 0.05) is 31.8 Å². The van der Waals surface area contributed by atoms with Crippen LogP contribution in [0.5, 0.6) is 11.5 Å². The van der Waals surface area contributed by atoms with Crippen molar-refractivity contribution in [3.05, 3.63) is 65.8 Å². The molecule has 0 unspecified atom stereocenters. The molecule has 0 saturated carbocycles. The second kappa shape index (κ2) is 12.6. The summed E-state index contributed by atoms with van der Waals surface area (Å²) in [4.78, 5) is 12.6. The van der Waals surface area contributed by atoms with E-state index in [-0.39, 0.29) is 18.8 Å². The molecule has 2 rings (SSSR count). The van der Waals surface area contributed by atoms with E-state index in [0.29, 0.717) is 34.6 Å². The van der Waals surface area contributed by atoms with Crippen molar-refractivity contribution in [1.82, 2.24) is 14.7 Å². The maximum absolute atomic E-state index is 14.7. The number of sulfonamides is 1. The van der Waals surface area contributed by atoms with E-state index in [4.69, 9.17) is 26.3 Å². The Balaban J connectivity index is 2.32. The van der Waals surface area contributed by atoms with Crippen molar-refractivity contribution < 1.29 is 36.7 Å². The monoisotopic (exact) mass is 519 g/mol. The number of hydrogen-bond acceptors (Lipinski definition) is 7. The predicted octanol–water partition coefficient (Wildman–Crippen LogP) is 3.00. The Labute approximate surface area is 201 Å². The van der Waals surface area contributed by atoms with Gasteiger partial charge in [-0.1, -0.05) is 18.2 Å². The first-order valence-electron chi connectivity index (χ1n) is 9.83. The number of carbonyl (C=O) groups is 1. The zero-order valence-electron chi connectivity index (χ0n) is 18.2. The molecule has 1 amide bonds. The molecular formula is C21H24ClF2N3O6S. The van der Waals surface area contributed by atoms with Crippen LogP contribution in [0.15, 0.2) is 54.1 Å². The summed E-state index contributed by atoms with van der Waals surface area (Å²) in [7, 11) is -3.06. The number of benzene rings is 2. The first kappa shape index (κ1) is 27.5. The molecule has 186 valence electrons. The van der Waals surface area contributed by atoms with E-state index in [1.807, 2.05) is 0 Å². The molecule has 0 atom stereocenters. The van der Waals surface area contributed by atoms with Crippen LogP contribution in [-0.2, 0) is 19.6 Å². The number of nitrogens with zero attached hydrogens (tertiary/aromatic N) is 2. The number of hydroxylamine groups is 1. The van der Waals surface area contributed by atoms with Crippen molar-refractivity contribution in [2.24, 2.45) is 0 Å². The SMILES string of the molecule is C=CN(CCOC)CCN(CC(=O)NO)S(=O)(=O)c1cc(F)c(Oc2ccc(Cl)cc2)c(F)c1. The fraction of sp³-hybridized carbons (Fsp3) is 0.286. The fourth-order valence-electron chi connectivity index (χ4n) is 2.78. The van der Waals surface area contributed by atoms with Crippen LogP contribution in [0.3, 0.4) is 0 Å². The Morgan fingerprint density at radius 3 is 2.32 bits per heavy atom. The molecule has 0 aromatic heterocycles. The molecular weight excluding hydrogens is 496 g/mol. The second-order valence-corrected chi connectivity index (χ2v) is 9.23. The fourth-order valence-corrected chi connectivity index (χ4v) is 4.31. The summed E-state index contributed by atoms with van der Waals surface area (Å²) in [6, 6.07) is 6.85. The lowest BCUT2D eigenvalue weighted by Gasteiger charge is -2.26. The molecule has 2 N–H and O–H groups in total. The number of methoxy groups -OCH3 is 1. The van der Waals surface area contributed by atoms with Crippen molar-refractivity contribution in [3.63, 3.8) is 0 Å². The average molecular weight is 520 g/mol. The molecule has 0 heterocycles. The Morgan fingerprint density at radius 1 is 1.18 bits per heavy atom. The molecule has 2 aromatic rings. The summed E-state index contributed by atoms with van der Waals surface area (Å²) >= 11 is 5.77. The first-order chi connectivity index (χ1) is 16.1. The van der Waals surface area contributed by atoms with Gasteiger partial charge in [0.05, 0.1) is 18.0 Å². The van der Waals surface area contributed by atoms with Crippen LogP contribution in [0.1, 0.15) is 0 Å². The van der Waals surface area contributed by atoms with E-state index in [9.17, 15) is 22.0 Å². The molecule has 0 aliphatic carbocycles. The van der Waals surface area contributed by atoms with Crippen molar-refractivity contribution in [2.45, 2.75) is 4.90 Å². The minimum atomic E-state index is -4.55. The van der Waals surface area contributed by atoms with Gasteiger partial charge in [0.2, 0.25) is 10.0 Å². The molecule has 2 aromatic carbocycles. The van der Waals surface area contributed by atoms with E-state index in [1.54, 1.807) is 4.90 Å². The number of halogens is 3. The van der Waals surface area contributed by atoms with Crippen molar-refractivity contribution in [1.29, 1.82) is 0 Å². The molecule has 0 saturated heterocycles. The van der Waals surface area contributed by atoms with E-state index < -0.39 is 44.8 Å². The van der Waals surface area contributed by atoms with Crippen LogP contribution in [-0.4, -0.2) is 68.6 Å². The van der Waals surface area contributed by atoms with Crippen LogP contribution < -0.4 is 10.2 Å². The number of hydrogen-bond donors (Lipinski definition) is 2. The lowest BCUT2D eigenvalue weighted by atomic mass is 10.3. The van der Waals surface area contributed by atoms with Crippen LogP contribution in [0.4, 0.5) is 8.78 Å². The van der Waals surface area contributed by atoms with Gasteiger partial charge in [-0.3, -0.25) is 10.0 Å². The van der Waals surface area contributed by atoms with E-state index in [2.05, 4.69) is 6.58 Å². The van der Waals surface area contributed by atoms with Gasteiger partial charge in [-0.25, -0.2) is 22.7 Å². The normalized spacial score (nSPS) is 11.4. The summed E-state index contributed by atoms with van der Waals surface area (Å²) in [5.41, 5.74) is 1.34. The Bertz CT molecular complexity index is 1080. The largest absolute Gasteiger partial charge is 0.451 e. The molecule has 0 fully saturated rings. The second-order valence-electron chi connectivity index (χ2n) is 6.86. The molecule has 9 nitrogen and oxygen atoms in total. The van der Waals surface area contributed by atoms with E-state index >= 15 is 0 Å². The maximum Gasteiger partial charge on any atom is 0.258 e. The van der Waals surface area contributed by atoms with E-state index in [0.717, 1.165) is 0 Å². The van der Waals surface area contributed by atoms with Gasteiger partial charge in [0.15, 0.2) is 17.4 Å². The molecule has 0 aliphatic rings. The predicted molar refractivity (Wildman–Crippen MR) is 120 cm³/mol. The molecule has 13 heteroatoms. The van der Waals surface area contributed by atoms with Gasteiger partial charge in [-0.2, -0.15) is 4.31 Å². The zero-order chi connectivity index (χ0) is 25.3. The third kappa shape index (κ3) is 7.37. The topological polar surface area (TPSA) is 108 Å². The molecule has 34 heavy (non-hydrogen) atoms. The third-order valence-electron chi connectivity index (χ3n) is 4.57. The van der Waals surface area contributed by atoms with Crippen molar-refractivity contribution in [3.8, 4) is 11.5 Å². The highest BCUT2D eigenvalue weighted by atomic mass is 35.5. The van der Waals surface area contributed by atoms with Gasteiger partial charge in [0.25, 0.3) is 5.91 Å². The summed E-state index contributed by atoms with van der Waals surface area (Å²) < 4.78 is 66.4. The summed E-state index contributed by atoms with van der Waals surface area (Å²) in [5, 5.41) is 9.22. The molecule has 0 bridgehead atoms. The maximum atomic E-state index is 14.7. The summed E-state index contributed by atoms with van der Waals surface area (Å²) in [6.07, 6.45) is 1.46. The number of ether oxygens (including phenoxy) is 2. The highest BCUT2D eigenvalue weighted by Gasteiger charge is 2.29. The summed E-state index contributed by atoms with van der Waals surface area (Å²) in [6.45, 7) is 3.40. The minimum absolute atomic E-state index is 0.0830.